The highest BCUT2D eigenvalue weighted by Gasteiger charge is 2.36. The van der Waals surface area contributed by atoms with Crippen LogP contribution in [0.4, 0.5) is 0 Å². The van der Waals surface area contributed by atoms with Crippen molar-refractivity contribution in [2.75, 3.05) is 0 Å². The van der Waals surface area contributed by atoms with Crippen molar-refractivity contribution in [3.8, 4) is 5.69 Å². The van der Waals surface area contributed by atoms with Gasteiger partial charge >= 0.3 is 0 Å². The van der Waals surface area contributed by atoms with Crippen LogP contribution in [-0.4, -0.2) is 17.6 Å². The van der Waals surface area contributed by atoms with Gasteiger partial charge in [0.05, 0.1) is 20.1 Å². The maximum absolute atomic E-state index is 4.39. The first kappa shape index (κ1) is 13.6. The molecule has 1 aromatic heterocycles. The summed E-state index contributed by atoms with van der Waals surface area (Å²) in [5.74, 6) is 0.618. The molecule has 0 saturated heterocycles. The first-order valence-corrected chi connectivity index (χ1v) is 10.8. The van der Waals surface area contributed by atoms with Crippen LogP contribution >= 0.6 is 0 Å². The Kier molecular flexibility index (Phi) is 3.13. The second-order valence-electron chi connectivity index (χ2n) is 6.99. The summed E-state index contributed by atoms with van der Waals surface area (Å²) < 4.78 is 2.20. The summed E-state index contributed by atoms with van der Waals surface area (Å²) >= 11 is 0. The van der Waals surface area contributed by atoms with Gasteiger partial charge in [-0.3, -0.25) is 0 Å². The maximum Gasteiger partial charge on any atom is 0.0995 e. The Hall–Kier alpha value is -1.35. The van der Waals surface area contributed by atoms with E-state index in [0.29, 0.717) is 5.92 Å². The average molecular weight is 284 g/mol. The molecule has 0 spiro atoms. The number of fused-ring (bicyclic) bond motifs is 1. The van der Waals surface area contributed by atoms with E-state index in [-0.39, 0.29) is 0 Å². The van der Waals surface area contributed by atoms with Crippen LogP contribution in [0, 0.1) is 6.92 Å². The number of nitrogens with zero attached hydrogens (tertiary/aromatic N) is 2. The molecule has 0 atom stereocenters. The largest absolute Gasteiger partial charge is 0.306 e. The molecule has 3 rings (SSSR count). The molecule has 0 fully saturated rings. The van der Waals surface area contributed by atoms with Crippen LogP contribution in [0.5, 0.6) is 0 Å². The van der Waals surface area contributed by atoms with Crippen LogP contribution in [0.3, 0.4) is 0 Å². The van der Waals surface area contributed by atoms with Crippen LogP contribution in [0.25, 0.3) is 5.69 Å². The molecule has 0 unspecified atom stereocenters. The Labute approximate surface area is 122 Å². The molecular formula is C17H24N2Si. The summed E-state index contributed by atoms with van der Waals surface area (Å²) in [5, 5.41) is 1.72. The standard InChI is InChI=1S/C17H24N2Si/c1-12(2)14-6-7-16(19-10-13(3)18-11-19)15-8-9-20(4,5)17(14)15/h6-7,10-12H,8-9H2,1-5H3. The third-order valence-electron chi connectivity index (χ3n) is 4.61. The highest BCUT2D eigenvalue weighted by Crippen LogP contribution is 2.32. The molecule has 0 N–H and O–H groups in total. The van der Waals surface area contributed by atoms with Crippen LogP contribution in [0.15, 0.2) is 24.7 Å². The van der Waals surface area contributed by atoms with Crippen LogP contribution in [0.2, 0.25) is 19.1 Å². The van der Waals surface area contributed by atoms with E-state index in [1.165, 1.54) is 18.2 Å². The predicted molar refractivity (Wildman–Crippen MR) is 88.0 cm³/mol. The monoisotopic (exact) mass is 284 g/mol. The number of hydrogen-bond acceptors (Lipinski definition) is 1. The zero-order valence-corrected chi connectivity index (χ0v) is 14.2. The average Bonchev–Trinajstić information content (AvgIpc) is 2.93. The minimum Gasteiger partial charge on any atom is -0.306 e. The van der Waals surface area contributed by atoms with Gasteiger partial charge in [-0.05, 0) is 42.5 Å². The number of hydrogen-bond donors (Lipinski definition) is 0. The fraction of sp³-hybridized carbons (Fsp3) is 0.471. The first-order chi connectivity index (χ1) is 9.40. The second-order valence-corrected chi connectivity index (χ2v) is 11.8. The van der Waals surface area contributed by atoms with E-state index < -0.39 is 8.07 Å². The quantitative estimate of drug-likeness (QED) is 0.768. The van der Waals surface area contributed by atoms with Gasteiger partial charge in [0.15, 0.2) is 0 Å². The van der Waals surface area contributed by atoms with E-state index in [1.54, 1.807) is 16.3 Å². The fourth-order valence-corrected chi connectivity index (χ4v) is 6.89. The number of aromatic nitrogens is 2. The van der Waals surface area contributed by atoms with Crippen molar-refractivity contribution in [1.82, 2.24) is 9.55 Å². The SMILES string of the molecule is Cc1cn(-c2ccc(C(C)C)c3c2CC[Si]3(C)C)cn1. The number of rotatable bonds is 2. The summed E-state index contributed by atoms with van der Waals surface area (Å²) in [5.41, 5.74) is 5.60. The lowest BCUT2D eigenvalue weighted by atomic mass is 9.98. The molecule has 20 heavy (non-hydrogen) atoms. The van der Waals surface area contributed by atoms with Crippen molar-refractivity contribution in [2.45, 2.75) is 52.2 Å². The van der Waals surface area contributed by atoms with E-state index in [0.717, 1.165) is 5.69 Å². The lowest BCUT2D eigenvalue weighted by molar-refractivity contribution is 0.869. The minimum atomic E-state index is -1.26. The van der Waals surface area contributed by atoms with Crippen molar-refractivity contribution in [1.29, 1.82) is 0 Å². The maximum atomic E-state index is 4.39. The molecule has 2 aromatic rings. The number of aryl methyl sites for hydroxylation is 1. The zero-order valence-electron chi connectivity index (χ0n) is 13.2. The predicted octanol–water partition coefficient (Wildman–Crippen LogP) is 3.78. The molecule has 1 aromatic carbocycles. The Morgan fingerprint density at radius 1 is 1.25 bits per heavy atom. The molecule has 0 amide bonds. The van der Waals surface area contributed by atoms with Crippen molar-refractivity contribution >= 4 is 13.3 Å². The van der Waals surface area contributed by atoms with Crippen LogP contribution < -0.4 is 5.19 Å². The number of benzene rings is 1. The third kappa shape index (κ3) is 2.04. The van der Waals surface area contributed by atoms with Crippen molar-refractivity contribution in [3.05, 3.63) is 41.5 Å². The fourth-order valence-electron chi connectivity index (χ4n) is 3.55. The Morgan fingerprint density at radius 2 is 2.00 bits per heavy atom. The van der Waals surface area contributed by atoms with Gasteiger partial charge in [-0.1, -0.05) is 38.2 Å². The lowest BCUT2D eigenvalue weighted by Crippen LogP contribution is -2.40. The molecular weight excluding hydrogens is 260 g/mol. The molecule has 0 saturated carbocycles. The van der Waals surface area contributed by atoms with Gasteiger partial charge < -0.3 is 4.57 Å². The van der Waals surface area contributed by atoms with Crippen molar-refractivity contribution < 1.29 is 0 Å². The normalized spacial score (nSPS) is 16.7. The second kappa shape index (κ2) is 4.59. The summed E-state index contributed by atoms with van der Waals surface area (Å²) in [6.07, 6.45) is 5.33. The highest BCUT2D eigenvalue weighted by molar-refractivity contribution is 6.91. The summed E-state index contributed by atoms with van der Waals surface area (Å²) in [6.45, 7) is 11.7. The topological polar surface area (TPSA) is 17.8 Å². The molecule has 2 nitrogen and oxygen atoms in total. The van der Waals surface area contributed by atoms with E-state index in [9.17, 15) is 0 Å². The molecule has 2 heterocycles. The molecule has 0 aliphatic carbocycles. The van der Waals surface area contributed by atoms with E-state index in [1.807, 2.05) is 6.33 Å². The summed E-state index contributed by atoms with van der Waals surface area (Å²) in [7, 11) is -1.26. The van der Waals surface area contributed by atoms with Gasteiger partial charge in [-0.15, -0.1) is 0 Å². The van der Waals surface area contributed by atoms with E-state index in [2.05, 4.69) is 61.7 Å². The van der Waals surface area contributed by atoms with Gasteiger partial charge in [0.2, 0.25) is 0 Å². The third-order valence-corrected chi connectivity index (χ3v) is 8.05. The van der Waals surface area contributed by atoms with Gasteiger partial charge in [0.25, 0.3) is 0 Å². The Balaban J connectivity index is 2.24. The van der Waals surface area contributed by atoms with E-state index in [4.69, 9.17) is 0 Å². The highest BCUT2D eigenvalue weighted by atomic mass is 28.3. The Morgan fingerprint density at radius 3 is 2.60 bits per heavy atom. The molecule has 1 aliphatic rings. The molecule has 1 aliphatic heterocycles. The lowest BCUT2D eigenvalue weighted by Gasteiger charge is -2.24. The first-order valence-electron chi connectivity index (χ1n) is 7.57. The molecule has 0 bridgehead atoms. The minimum absolute atomic E-state index is 0.618. The summed E-state index contributed by atoms with van der Waals surface area (Å²) in [6, 6.07) is 6.03. The van der Waals surface area contributed by atoms with Crippen LogP contribution in [0.1, 0.15) is 36.6 Å². The van der Waals surface area contributed by atoms with Crippen molar-refractivity contribution in [2.24, 2.45) is 0 Å². The van der Waals surface area contributed by atoms with Crippen LogP contribution in [-0.2, 0) is 6.42 Å². The summed E-state index contributed by atoms with van der Waals surface area (Å²) in [4.78, 5) is 4.39. The molecule has 3 heteroatoms. The molecule has 106 valence electrons. The number of imidazole rings is 1. The van der Waals surface area contributed by atoms with Gasteiger partial charge in [-0.2, -0.15) is 0 Å². The van der Waals surface area contributed by atoms with E-state index >= 15 is 0 Å². The van der Waals surface area contributed by atoms with Crippen molar-refractivity contribution in [3.63, 3.8) is 0 Å². The van der Waals surface area contributed by atoms with Gasteiger partial charge in [-0.25, -0.2) is 4.98 Å². The zero-order chi connectivity index (χ0) is 14.5. The van der Waals surface area contributed by atoms with Gasteiger partial charge in [0.1, 0.15) is 0 Å². The van der Waals surface area contributed by atoms with Gasteiger partial charge in [0, 0.05) is 11.9 Å². The smallest absolute Gasteiger partial charge is 0.0995 e. The Bertz CT molecular complexity index is 653. The molecule has 0 radical (unpaired) electrons.